The van der Waals surface area contributed by atoms with Crippen LogP contribution in [0.5, 0.6) is 0 Å². The summed E-state index contributed by atoms with van der Waals surface area (Å²) in [4.78, 5) is 0. The molecule has 1 nitrogen and oxygen atoms in total. The number of nitrogens with two attached hydrogens (primary N) is 1. The van der Waals surface area contributed by atoms with E-state index in [9.17, 15) is 4.39 Å². The Hall–Kier alpha value is -1.83. The van der Waals surface area contributed by atoms with Gasteiger partial charge in [0, 0.05) is 11.3 Å². The van der Waals surface area contributed by atoms with Gasteiger partial charge in [0.25, 0.3) is 0 Å². The first-order valence-corrected chi connectivity index (χ1v) is 5.20. The molecule has 0 atom stereocenters. The summed E-state index contributed by atoms with van der Waals surface area (Å²) in [5.74, 6) is -0.199. The number of anilines is 1. The molecule has 0 aliphatic heterocycles. The van der Waals surface area contributed by atoms with Crippen molar-refractivity contribution in [2.45, 2.75) is 13.8 Å². The van der Waals surface area contributed by atoms with Gasteiger partial charge in [-0.1, -0.05) is 17.7 Å². The molecule has 82 valence electrons. The lowest BCUT2D eigenvalue weighted by atomic mass is 10.0. The molecule has 0 fully saturated rings. The van der Waals surface area contributed by atoms with Gasteiger partial charge >= 0.3 is 0 Å². The monoisotopic (exact) mass is 215 g/mol. The Labute approximate surface area is 94.7 Å². The van der Waals surface area contributed by atoms with E-state index < -0.39 is 0 Å². The minimum absolute atomic E-state index is 0.199. The fraction of sp³-hybridized carbons (Fsp3) is 0.143. The van der Waals surface area contributed by atoms with Crippen molar-refractivity contribution in [2.24, 2.45) is 0 Å². The van der Waals surface area contributed by atoms with Gasteiger partial charge in [0.1, 0.15) is 5.82 Å². The van der Waals surface area contributed by atoms with Gasteiger partial charge < -0.3 is 5.73 Å². The first-order chi connectivity index (χ1) is 7.58. The van der Waals surface area contributed by atoms with E-state index in [2.05, 4.69) is 0 Å². The highest BCUT2D eigenvalue weighted by Crippen LogP contribution is 2.26. The summed E-state index contributed by atoms with van der Waals surface area (Å²) in [7, 11) is 0. The Morgan fingerprint density at radius 1 is 1.00 bits per heavy atom. The summed E-state index contributed by atoms with van der Waals surface area (Å²) >= 11 is 0. The molecule has 0 heterocycles. The molecule has 0 unspecified atom stereocenters. The third-order valence-corrected chi connectivity index (χ3v) is 2.70. The molecule has 0 aliphatic carbocycles. The smallest absolute Gasteiger partial charge is 0.131 e. The van der Waals surface area contributed by atoms with Crippen LogP contribution in [0.25, 0.3) is 11.1 Å². The third kappa shape index (κ3) is 1.91. The number of halogens is 1. The lowest BCUT2D eigenvalue weighted by Gasteiger charge is -2.07. The zero-order valence-electron chi connectivity index (χ0n) is 9.42. The highest BCUT2D eigenvalue weighted by atomic mass is 19.1. The molecule has 16 heavy (non-hydrogen) atoms. The van der Waals surface area contributed by atoms with E-state index in [1.54, 1.807) is 6.07 Å². The van der Waals surface area contributed by atoms with Crippen molar-refractivity contribution in [3.8, 4) is 11.1 Å². The van der Waals surface area contributed by atoms with Crippen LogP contribution in [0.3, 0.4) is 0 Å². The van der Waals surface area contributed by atoms with Crippen LogP contribution >= 0.6 is 0 Å². The second-order valence-corrected chi connectivity index (χ2v) is 4.05. The maximum absolute atomic E-state index is 13.7. The molecule has 2 heteroatoms. The molecular formula is C14H14FN. The number of benzene rings is 2. The van der Waals surface area contributed by atoms with Crippen molar-refractivity contribution in [3.63, 3.8) is 0 Å². The maximum Gasteiger partial charge on any atom is 0.131 e. The molecule has 0 aliphatic rings. The van der Waals surface area contributed by atoms with Gasteiger partial charge in [0.05, 0.1) is 0 Å². The molecule has 0 spiro atoms. The number of aryl methyl sites for hydroxylation is 2. The van der Waals surface area contributed by atoms with Crippen molar-refractivity contribution >= 4 is 5.69 Å². The van der Waals surface area contributed by atoms with E-state index in [1.807, 2.05) is 38.1 Å². The molecule has 2 aromatic carbocycles. The third-order valence-electron chi connectivity index (χ3n) is 2.70. The lowest BCUT2D eigenvalue weighted by Crippen LogP contribution is -1.91. The number of nitrogen functional groups attached to an aromatic ring is 1. The zero-order valence-corrected chi connectivity index (χ0v) is 9.42. The van der Waals surface area contributed by atoms with Crippen LogP contribution in [0, 0.1) is 19.7 Å². The van der Waals surface area contributed by atoms with Crippen LogP contribution in [-0.2, 0) is 0 Å². The SMILES string of the molecule is Cc1ccc(F)c(-c2ccc(N)c(C)c2)c1. The zero-order chi connectivity index (χ0) is 11.7. The van der Waals surface area contributed by atoms with Crippen LogP contribution in [0.4, 0.5) is 10.1 Å². The highest BCUT2D eigenvalue weighted by molar-refractivity contribution is 5.68. The van der Waals surface area contributed by atoms with Gasteiger partial charge in [-0.05, 0) is 49.2 Å². The predicted octanol–water partition coefficient (Wildman–Crippen LogP) is 3.69. The fourth-order valence-corrected chi connectivity index (χ4v) is 1.70. The molecule has 0 saturated heterocycles. The summed E-state index contributed by atoms with van der Waals surface area (Å²) in [6.45, 7) is 3.87. The first-order valence-electron chi connectivity index (χ1n) is 5.20. The molecule has 0 radical (unpaired) electrons. The van der Waals surface area contributed by atoms with E-state index in [0.717, 1.165) is 22.4 Å². The van der Waals surface area contributed by atoms with E-state index in [-0.39, 0.29) is 5.82 Å². The predicted molar refractivity (Wildman–Crippen MR) is 65.7 cm³/mol. The van der Waals surface area contributed by atoms with Crippen LogP contribution in [0.1, 0.15) is 11.1 Å². The Bertz CT molecular complexity index is 532. The molecule has 0 aromatic heterocycles. The summed E-state index contributed by atoms with van der Waals surface area (Å²) < 4.78 is 13.7. The standard InChI is InChI=1S/C14H14FN/c1-9-3-5-13(15)12(7-9)11-4-6-14(16)10(2)8-11/h3-8H,16H2,1-2H3. The summed E-state index contributed by atoms with van der Waals surface area (Å²) in [5, 5.41) is 0. The largest absolute Gasteiger partial charge is 0.399 e. The van der Waals surface area contributed by atoms with E-state index in [0.29, 0.717) is 5.56 Å². The molecular weight excluding hydrogens is 201 g/mol. The molecule has 0 bridgehead atoms. The van der Waals surface area contributed by atoms with Gasteiger partial charge in [-0.3, -0.25) is 0 Å². The quantitative estimate of drug-likeness (QED) is 0.721. The van der Waals surface area contributed by atoms with Crippen molar-refractivity contribution in [2.75, 3.05) is 5.73 Å². The summed E-state index contributed by atoms with van der Waals surface area (Å²) in [5.41, 5.74) is 9.99. The van der Waals surface area contributed by atoms with Crippen LogP contribution in [0.2, 0.25) is 0 Å². The van der Waals surface area contributed by atoms with E-state index in [4.69, 9.17) is 5.73 Å². The minimum Gasteiger partial charge on any atom is -0.399 e. The van der Waals surface area contributed by atoms with Crippen molar-refractivity contribution in [1.29, 1.82) is 0 Å². The Balaban J connectivity index is 2.58. The van der Waals surface area contributed by atoms with Gasteiger partial charge in [-0.2, -0.15) is 0 Å². The van der Waals surface area contributed by atoms with E-state index >= 15 is 0 Å². The number of rotatable bonds is 1. The Morgan fingerprint density at radius 2 is 1.75 bits per heavy atom. The summed E-state index contributed by atoms with van der Waals surface area (Å²) in [6.07, 6.45) is 0. The minimum atomic E-state index is -0.199. The topological polar surface area (TPSA) is 26.0 Å². The number of hydrogen-bond acceptors (Lipinski definition) is 1. The molecule has 2 aromatic rings. The van der Waals surface area contributed by atoms with E-state index in [1.165, 1.54) is 6.07 Å². The Kier molecular flexibility index (Phi) is 2.65. The van der Waals surface area contributed by atoms with Gasteiger partial charge in [0.2, 0.25) is 0 Å². The summed E-state index contributed by atoms with van der Waals surface area (Å²) in [6, 6.07) is 10.7. The average molecular weight is 215 g/mol. The maximum atomic E-state index is 13.7. The molecule has 0 amide bonds. The van der Waals surface area contributed by atoms with Gasteiger partial charge in [0.15, 0.2) is 0 Å². The van der Waals surface area contributed by atoms with Gasteiger partial charge in [-0.25, -0.2) is 4.39 Å². The van der Waals surface area contributed by atoms with Crippen molar-refractivity contribution in [1.82, 2.24) is 0 Å². The highest BCUT2D eigenvalue weighted by Gasteiger charge is 2.06. The fourth-order valence-electron chi connectivity index (χ4n) is 1.70. The molecule has 2 rings (SSSR count). The first kappa shape index (κ1) is 10.7. The second kappa shape index (κ2) is 3.97. The second-order valence-electron chi connectivity index (χ2n) is 4.05. The lowest BCUT2D eigenvalue weighted by molar-refractivity contribution is 0.631. The van der Waals surface area contributed by atoms with Gasteiger partial charge in [-0.15, -0.1) is 0 Å². The normalized spacial score (nSPS) is 10.4. The van der Waals surface area contributed by atoms with Crippen LogP contribution in [-0.4, -0.2) is 0 Å². The van der Waals surface area contributed by atoms with Crippen molar-refractivity contribution in [3.05, 3.63) is 53.3 Å². The average Bonchev–Trinajstić information content (AvgIpc) is 2.26. The Morgan fingerprint density at radius 3 is 2.44 bits per heavy atom. The molecule has 2 N–H and O–H groups in total. The van der Waals surface area contributed by atoms with Crippen LogP contribution in [0.15, 0.2) is 36.4 Å². The van der Waals surface area contributed by atoms with Crippen molar-refractivity contribution < 1.29 is 4.39 Å². The number of hydrogen-bond donors (Lipinski definition) is 1. The molecule has 0 saturated carbocycles. The van der Waals surface area contributed by atoms with Crippen LogP contribution < -0.4 is 5.73 Å².